The molecule has 0 radical (unpaired) electrons. The molecule has 3 nitrogen and oxygen atoms in total. The average molecular weight is 306 g/mol. The summed E-state index contributed by atoms with van der Waals surface area (Å²) in [7, 11) is 0. The Balaban J connectivity index is 1.94. The van der Waals surface area contributed by atoms with Crippen molar-refractivity contribution in [2.75, 3.05) is 11.9 Å². The van der Waals surface area contributed by atoms with E-state index in [1.54, 1.807) is 0 Å². The number of hydrogen-bond donors (Lipinski definition) is 1. The van der Waals surface area contributed by atoms with Gasteiger partial charge in [0.15, 0.2) is 0 Å². The molecular formula is C14H16BrN3. The highest BCUT2D eigenvalue weighted by Crippen LogP contribution is 2.12. The maximum atomic E-state index is 4.34. The quantitative estimate of drug-likeness (QED) is 0.878. The molecule has 2 rings (SSSR count). The second-order valence-corrected chi connectivity index (χ2v) is 5.04. The first-order valence-electron chi connectivity index (χ1n) is 5.95. The van der Waals surface area contributed by atoms with Crippen LogP contribution in [0, 0.1) is 13.8 Å². The van der Waals surface area contributed by atoms with Crippen molar-refractivity contribution in [3.05, 3.63) is 51.9 Å². The number of hydrogen-bond acceptors (Lipinski definition) is 3. The van der Waals surface area contributed by atoms with Gasteiger partial charge in [-0.1, -0.05) is 24.3 Å². The number of anilines is 1. The third-order valence-electron chi connectivity index (χ3n) is 2.77. The molecule has 1 heterocycles. The largest absolute Gasteiger partial charge is 0.370 e. The molecule has 0 aliphatic heterocycles. The molecule has 1 aromatic heterocycles. The van der Waals surface area contributed by atoms with Crippen molar-refractivity contribution in [3.8, 4) is 0 Å². The first-order chi connectivity index (χ1) is 8.65. The summed E-state index contributed by atoms with van der Waals surface area (Å²) in [4.78, 5) is 8.52. The lowest BCUT2D eigenvalue weighted by molar-refractivity contribution is 0.967. The van der Waals surface area contributed by atoms with Gasteiger partial charge in [0.05, 0.1) is 0 Å². The van der Waals surface area contributed by atoms with Crippen molar-refractivity contribution >= 4 is 21.7 Å². The number of aromatic nitrogens is 2. The second kappa shape index (κ2) is 5.96. The smallest absolute Gasteiger partial charge is 0.130 e. The molecule has 0 saturated carbocycles. The van der Waals surface area contributed by atoms with Crippen LogP contribution in [0.3, 0.4) is 0 Å². The SMILES string of the molecule is Cc1nc(Br)cc(NCCc2ccccc2C)n1. The maximum Gasteiger partial charge on any atom is 0.130 e. The molecule has 94 valence electrons. The molecule has 1 N–H and O–H groups in total. The highest BCUT2D eigenvalue weighted by Gasteiger charge is 2.00. The Morgan fingerprint density at radius 2 is 1.94 bits per heavy atom. The number of aryl methyl sites for hydroxylation is 2. The van der Waals surface area contributed by atoms with Gasteiger partial charge in [-0.3, -0.25) is 0 Å². The molecule has 0 atom stereocenters. The predicted molar refractivity (Wildman–Crippen MR) is 77.8 cm³/mol. The summed E-state index contributed by atoms with van der Waals surface area (Å²) < 4.78 is 0.813. The number of halogens is 1. The molecule has 0 saturated heterocycles. The summed E-state index contributed by atoms with van der Waals surface area (Å²) in [6, 6.07) is 10.3. The molecule has 4 heteroatoms. The molecule has 0 bridgehead atoms. The van der Waals surface area contributed by atoms with E-state index in [4.69, 9.17) is 0 Å². The molecule has 0 amide bonds. The van der Waals surface area contributed by atoms with Gasteiger partial charge in [0, 0.05) is 12.6 Å². The van der Waals surface area contributed by atoms with Crippen LogP contribution in [-0.4, -0.2) is 16.5 Å². The van der Waals surface area contributed by atoms with Gasteiger partial charge in [-0.25, -0.2) is 9.97 Å². The minimum atomic E-state index is 0.766. The molecule has 0 aliphatic carbocycles. The van der Waals surface area contributed by atoms with Crippen LogP contribution in [0.15, 0.2) is 34.9 Å². The fourth-order valence-electron chi connectivity index (χ4n) is 1.84. The van der Waals surface area contributed by atoms with E-state index in [0.717, 1.165) is 29.2 Å². The lowest BCUT2D eigenvalue weighted by Crippen LogP contribution is -2.08. The van der Waals surface area contributed by atoms with Crippen LogP contribution in [0.2, 0.25) is 0 Å². The van der Waals surface area contributed by atoms with Gasteiger partial charge in [0.1, 0.15) is 16.2 Å². The molecular weight excluding hydrogens is 290 g/mol. The lowest BCUT2D eigenvalue weighted by Gasteiger charge is -2.08. The summed E-state index contributed by atoms with van der Waals surface area (Å²) in [6.07, 6.45) is 0.993. The van der Waals surface area contributed by atoms with E-state index < -0.39 is 0 Å². The normalized spacial score (nSPS) is 10.4. The van der Waals surface area contributed by atoms with Gasteiger partial charge in [0.2, 0.25) is 0 Å². The summed E-state index contributed by atoms with van der Waals surface area (Å²) in [6.45, 7) is 4.89. The van der Waals surface area contributed by atoms with Crippen LogP contribution in [0.1, 0.15) is 17.0 Å². The van der Waals surface area contributed by atoms with Crippen LogP contribution in [0.25, 0.3) is 0 Å². The van der Waals surface area contributed by atoms with Crippen LogP contribution in [0.5, 0.6) is 0 Å². The second-order valence-electron chi connectivity index (χ2n) is 4.23. The zero-order chi connectivity index (χ0) is 13.0. The van der Waals surface area contributed by atoms with Crippen molar-refractivity contribution < 1.29 is 0 Å². The highest BCUT2D eigenvalue weighted by atomic mass is 79.9. The molecule has 18 heavy (non-hydrogen) atoms. The minimum Gasteiger partial charge on any atom is -0.370 e. The van der Waals surface area contributed by atoms with E-state index in [1.807, 2.05) is 13.0 Å². The number of nitrogens with zero attached hydrogens (tertiary/aromatic N) is 2. The van der Waals surface area contributed by atoms with Gasteiger partial charge in [-0.15, -0.1) is 0 Å². The fourth-order valence-corrected chi connectivity index (χ4v) is 2.31. The van der Waals surface area contributed by atoms with E-state index in [2.05, 4.69) is 62.4 Å². The molecule has 0 fully saturated rings. The monoisotopic (exact) mass is 305 g/mol. The van der Waals surface area contributed by atoms with Gasteiger partial charge in [-0.05, 0) is 47.3 Å². The molecule has 2 aromatic rings. The van der Waals surface area contributed by atoms with Crippen molar-refractivity contribution in [3.63, 3.8) is 0 Å². The standard InChI is InChI=1S/C14H16BrN3/c1-10-5-3-4-6-12(10)7-8-16-14-9-13(15)17-11(2)18-14/h3-6,9H,7-8H2,1-2H3,(H,16,17,18). The Hall–Kier alpha value is -1.42. The maximum absolute atomic E-state index is 4.34. The number of rotatable bonds is 4. The summed E-state index contributed by atoms with van der Waals surface area (Å²) in [5.41, 5.74) is 2.70. The Kier molecular flexibility index (Phi) is 4.31. The molecule has 1 aromatic carbocycles. The lowest BCUT2D eigenvalue weighted by atomic mass is 10.1. The molecule has 0 unspecified atom stereocenters. The van der Waals surface area contributed by atoms with Crippen LogP contribution < -0.4 is 5.32 Å². The zero-order valence-corrected chi connectivity index (χ0v) is 12.2. The third kappa shape index (κ3) is 3.53. The van der Waals surface area contributed by atoms with Crippen LogP contribution >= 0.6 is 15.9 Å². The van der Waals surface area contributed by atoms with E-state index >= 15 is 0 Å². The van der Waals surface area contributed by atoms with Crippen LogP contribution in [-0.2, 0) is 6.42 Å². The number of benzene rings is 1. The molecule has 0 spiro atoms. The van der Waals surface area contributed by atoms with Crippen molar-refractivity contribution in [1.82, 2.24) is 9.97 Å². The fraction of sp³-hybridized carbons (Fsp3) is 0.286. The van der Waals surface area contributed by atoms with Crippen molar-refractivity contribution in [1.29, 1.82) is 0 Å². The van der Waals surface area contributed by atoms with Crippen LogP contribution in [0.4, 0.5) is 5.82 Å². The summed E-state index contributed by atoms with van der Waals surface area (Å²) in [5.74, 6) is 1.63. The Morgan fingerprint density at radius 3 is 2.67 bits per heavy atom. The Bertz CT molecular complexity index is 520. The zero-order valence-electron chi connectivity index (χ0n) is 10.6. The van der Waals surface area contributed by atoms with Crippen molar-refractivity contribution in [2.24, 2.45) is 0 Å². The van der Waals surface area contributed by atoms with Gasteiger partial charge >= 0.3 is 0 Å². The predicted octanol–water partition coefficient (Wildman–Crippen LogP) is 3.51. The van der Waals surface area contributed by atoms with Crippen molar-refractivity contribution in [2.45, 2.75) is 20.3 Å². The van der Waals surface area contributed by atoms with Gasteiger partial charge < -0.3 is 5.32 Å². The van der Waals surface area contributed by atoms with E-state index in [-0.39, 0.29) is 0 Å². The first-order valence-corrected chi connectivity index (χ1v) is 6.74. The van der Waals surface area contributed by atoms with E-state index in [1.165, 1.54) is 11.1 Å². The Morgan fingerprint density at radius 1 is 1.17 bits per heavy atom. The average Bonchev–Trinajstić information content (AvgIpc) is 2.30. The third-order valence-corrected chi connectivity index (χ3v) is 3.17. The summed E-state index contributed by atoms with van der Waals surface area (Å²) in [5, 5.41) is 3.32. The van der Waals surface area contributed by atoms with Gasteiger partial charge in [-0.2, -0.15) is 0 Å². The minimum absolute atomic E-state index is 0.766. The Labute approximate surface area is 116 Å². The van der Waals surface area contributed by atoms with E-state index in [0.29, 0.717) is 0 Å². The van der Waals surface area contributed by atoms with E-state index in [9.17, 15) is 0 Å². The highest BCUT2D eigenvalue weighted by molar-refractivity contribution is 9.10. The number of nitrogens with one attached hydrogen (secondary N) is 1. The topological polar surface area (TPSA) is 37.8 Å². The van der Waals surface area contributed by atoms with Gasteiger partial charge in [0.25, 0.3) is 0 Å². The molecule has 0 aliphatic rings. The first kappa shape index (κ1) is 13.0. The summed E-state index contributed by atoms with van der Waals surface area (Å²) >= 11 is 3.37.